The second kappa shape index (κ2) is 4.71. The molecule has 1 aromatic carbocycles. The maximum Gasteiger partial charge on any atom is 0.309 e. The molecule has 1 aromatic rings. The molecule has 0 bridgehead atoms. The van der Waals surface area contributed by atoms with Crippen LogP contribution < -0.4 is 0 Å². The summed E-state index contributed by atoms with van der Waals surface area (Å²) in [5, 5.41) is 9.06. The first-order valence-corrected chi connectivity index (χ1v) is 6.05. The minimum Gasteiger partial charge on any atom is -0.481 e. The number of carboxylic acid groups (broad SMARTS) is 1. The Morgan fingerprint density at radius 1 is 1.40 bits per heavy atom. The molecule has 0 heterocycles. The minimum absolute atomic E-state index is 0.569. The predicted octanol–water partition coefficient (Wildman–Crippen LogP) is 3.06. The Morgan fingerprint density at radius 2 is 2.00 bits per heavy atom. The van der Waals surface area contributed by atoms with Crippen LogP contribution in [0.5, 0.6) is 0 Å². The standard InChI is InChI=1S/C12H16O2S/c1-12(2,11(13)14)8-9-6-4-5-7-10(9)15-3/h4-7H,8H2,1-3H3,(H,13,14). The fraction of sp³-hybridized carbons (Fsp3) is 0.417. The van der Waals surface area contributed by atoms with Crippen molar-refractivity contribution < 1.29 is 9.90 Å². The summed E-state index contributed by atoms with van der Waals surface area (Å²) in [6.07, 6.45) is 2.58. The summed E-state index contributed by atoms with van der Waals surface area (Å²) in [5.41, 5.74) is 0.406. The highest BCUT2D eigenvalue weighted by Gasteiger charge is 2.27. The molecule has 0 atom stereocenters. The van der Waals surface area contributed by atoms with Crippen LogP contribution in [-0.2, 0) is 11.2 Å². The normalized spacial score (nSPS) is 11.4. The van der Waals surface area contributed by atoms with Gasteiger partial charge in [-0.05, 0) is 38.2 Å². The van der Waals surface area contributed by atoms with Gasteiger partial charge in [0, 0.05) is 4.90 Å². The molecule has 1 N–H and O–H groups in total. The van der Waals surface area contributed by atoms with E-state index in [1.807, 2.05) is 30.5 Å². The zero-order chi connectivity index (χ0) is 11.5. The monoisotopic (exact) mass is 224 g/mol. The summed E-state index contributed by atoms with van der Waals surface area (Å²) in [7, 11) is 0. The van der Waals surface area contributed by atoms with E-state index in [-0.39, 0.29) is 0 Å². The van der Waals surface area contributed by atoms with E-state index in [9.17, 15) is 4.79 Å². The topological polar surface area (TPSA) is 37.3 Å². The molecule has 0 amide bonds. The van der Waals surface area contributed by atoms with Gasteiger partial charge in [-0.3, -0.25) is 4.79 Å². The van der Waals surface area contributed by atoms with Crippen molar-refractivity contribution in [1.82, 2.24) is 0 Å². The highest BCUT2D eigenvalue weighted by atomic mass is 32.2. The molecule has 0 aliphatic rings. The Morgan fingerprint density at radius 3 is 2.53 bits per heavy atom. The second-order valence-corrected chi connectivity index (χ2v) is 5.03. The minimum atomic E-state index is -0.751. The molecule has 0 aliphatic carbocycles. The molecule has 0 spiro atoms. The number of carboxylic acids is 1. The van der Waals surface area contributed by atoms with Crippen LogP contribution in [0.2, 0.25) is 0 Å². The van der Waals surface area contributed by atoms with Crippen molar-refractivity contribution in [2.45, 2.75) is 25.2 Å². The molecule has 82 valence electrons. The fourth-order valence-electron chi connectivity index (χ4n) is 1.40. The first kappa shape index (κ1) is 12.1. The number of hydrogen-bond acceptors (Lipinski definition) is 2. The van der Waals surface area contributed by atoms with E-state index in [1.165, 1.54) is 0 Å². The van der Waals surface area contributed by atoms with Crippen LogP contribution in [0.25, 0.3) is 0 Å². The van der Waals surface area contributed by atoms with E-state index < -0.39 is 11.4 Å². The molecule has 0 aromatic heterocycles. The predicted molar refractivity (Wildman–Crippen MR) is 63.3 cm³/mol. The molecular formula is C12H16O2S. The summed E-state index contributed by atoms with van der Waals surface area (Å²) in [6, 6.07) is 7.95. The number of thioether (sulfide) groups is 1. The molecular weight excluding hydrogens is 208 g/mol. The van der Waals surface area contributed by atoms with Crippen LogP contribution in [0, 0.1) is 5.41 Å². The van der Waals surface area contributed by atoms with Crippen LogP contribution >= 0.6 is 11.8 Å². The molecule has 0 radical (unpaired) electrons. The van der Waals surface area contributed by atoms with Crippen molar-refractivity contribution in [3.05, 3.63) is 29.8 Å². The number of hydrogen-bond donors (Lipinski definition) is 1. The molecule has 3 heteroatoms. The lowest BCUT2D eigenvalue weighted by Gasteiger charge is -2.20. The van der Waals surface area contributed by atoms with Gasteiger partial charge < -0.3 is 5.11 Å². The Hall–Kier alpha value is -0.960. The van der Waals surface area contributed by atoms with E-state index in [0.717, 1.165) is 10.5 Å². The Balaban J connectivity index is 2.94. The van der Waals surface area contributed by atoms with Gasteiger partial charge in [0.05, 0.1) is 5.41 Å². The van der Waals surface area contributed by atoms with Crippen LogP contribution in [0.1, 0.15) is 19.4 Å². The Kier molecular flexibility index (Phi) is 3.80. The number of benzene rings is 1. The van der Waals surface area contributed by atoms with Gasteiger partial charge in [-0.15, -0.1) is 11.8 Å². The second-order valence-electron chi connectivity index (χ2n) is 4.18. The van der Waals surface area contributed by atoms with Crippen LogP contribution in [0.15, 0.2) is 29.2 Å². The molecule has 15 heavy (non-hydrogen) atoms. The summed E-state index contributed by atoms with van der Waals surface area (Å²) in [4.78, 5) is 12.2. The van der Waals surface area contributed by atoms with Crippen LogP contribution in [-0.4, -0.2) is 17.3 Å². The zero-order valence-electron chi connectivity index (χ0n) is 9.28. The molecule has 0 saturated carbocycles. The maximum atomic E-state index is 11.0. The van der Waals surface area contributed by atoms with Crippen molar-refractivity contribution in [3.63, 3.8) is 0 Å². The zero-order valence-corrected chi connectivity index (χ0v) is 10.1. The van der Waals surface area contributed by atoms with Crippen molar-refractivity contribution in [2.24, 2.45) is 5.41 Å². The summed E-state index contributed by atoms with van der Waals surface area (Å²) in [5.74, 6) is -0.751. The van der Waals surface area contributed by atoms with Crippen molar-refractivity contribution in [1.29, 1.82) is 0 Å². The summed E-state index contributed by atoms with van der Waals surface area (Å²) in [6.45, 7) is 3.51. The van der Waals surface area contributed by atoms with E-state index in [2.05, 4.69) is 0 Å². The Bertz CT molecular complexity index is 358. The highest BCUT2D eigenvalue weighted by molar-refractivity contribution is 7.98. The van der Waals surface area contributed by atoms with E-state index in [1.54, 1.807) is 25.6 Å². The lowest BCUT2D eigenvalue weighted by Crippen LogP contribution is -2.26. The third kappa shape index (κ3) is 2.99. The quantitative estimate of drug-likeness (QED) is 0.799. The lowest BCUT2D eigenvalue weighted by atomic mass is 9.86. The SMILES string of the molecule is CSc1ccccc1CC(C)(C)C(=O)O. The van der Waals surface area contributed by atoms with Gasteiger partial charge in [0.15, 0.2) is 0 Å². The van der Waals surface area contributed by atoms with Crippen LogP contribution in [0.3, 0.4) is 0 Å². The largest absolute Gasteiger partial charge is 0.481 e. The first-order valence-electron chi connectivity index (χ1n) is 4.82. The highest BCUT2D eigenvalue weighted by Crippen LogP contribution is 2.28. The van der Waals surface area contributed by atoms with Gasteiger partial charge >= 0.3 is 5.97 Å². The Labute approximate surface area is 94.7 Å². The molecule has 0 fully saturated rings. The van der Waals surface area contributed by atoms with E-state index >= 15 is 0 Å². The first-order chi connectivity index (χ1) is 6.97. The summed E-state index contributed by atoms with van der Waals surface area (Å²) >= 11 is 1.65. The van der Waals surface area contributed by atoms with Crippen LogP contribution in [0.4, 0.5) is 0 Å². The van der Waals surface area contributed by atoms with E-state index in [4.69, 9.17) is 5.11 Å². The van der Waals surface area contributed by atoms with Gasteiger partial charge in [-0.2, -0.15) is 0 Å². The van der Waals surface area contributed by atoms with Gasteiger partial charge in [0.25, 0.3) is 0 Å². The maximum absolute atomic E-state index is 11.0. The third-order valence-corrected chi connectivity index (χ3v) is 3.24. The summed E-state index contributed by atoms with van der Waals surface area (Å²) < 4.78 is 0. The lowest BCUT2D eigenvalue weighted by molar-refractivity contribution is -0.146. The fourth-order valence-corrected chi connectivity index (χ4v) is 2.02. The van der Waals surface area contributed by atoms with Crippen molar-refractivity contribution >= 4 is 17.7 Å². The third-order valence-electron chi connectivity index (χ3n) is 2.40. The molecule has 0 saturated heterocycles. The van der Waals surface area contributed by atoms with Gasteiger partial charge in [0.2, 0.25) is 0 Å². The van der Waals surface area contributed by atoms with Gasteiger partial charge in [-0.1, -0.05) is 18.2 Å². The smallest absolute Gasteiger partial charge is 0.309 e. The molecule has 2 nitrogen and oxygen atoms in total. The average molecular weight is 224 g/mol. The average Bonchev–Trinajstić information content (AvgIpc) is 2.18. The van der Waals surface area contributed by atoms with Gasteiger partial charge in [-0.25, -0.2) is 0 Å². The van der Waals surface area contributed by atoms with Gasteiger partial charge in [0.1, 0.15) is 0 Å². The molecule has 0 unspecified atom stereocenters. The number of aliphatic carboxylic acids is 1. The molecule has 1 rings (SSSR count). The number of carbonyl (C=O) groups is 1. The molecule has 0 aliphatic heterocycles. The van der Waals surface area contributed by atoms with E-state index in [0.29, 0.717) is 6.42 Å². The van der Waals surface area contributed by atoms with Crippen molar-refractivity contribution in [3.8, 4) is 0 Å². The number of rotatable bonds is 4. The van der Waals surface area contributed by atoms with Crippen molar-refractivity contribution in [2.75, 3.05) is 6.26 Å².